The second-order valence-electron chi connectivity index (χ2n) is 5.03. The van der Waals surface area contributed by atoms with Crippen molar-refractivity contribution in [3.05, 3.63) is 59.9 Å². The molecule has 2 aromatic rings. The van der Waals surface area contributed by atoms with Crippen molar-refractivity contribution in [1.29, 1.82) is 0 Å². The van der Waals surface area contributed by atoms with Gasteiger partial charge in [-0.2, -0.15) is 30.7 Å². The van der Waals surface area contributed by atoms with E-state index >= 15 is 0 Å². The molecule has 1 nitrogen and oxygen atoms in total. The fraction of sp³-hybridized carbons (Fsp3) is 0.188. The minimum atomic E-state index is -6.69. The highest BCUT2D eigenvalue weighted by Gasteiger charge is 2.75. The third-order valence-electron chi connectivity index (χ3n) is 3.36. The van der Waals surface area contributed by atoms with E-state index in [4.69, 9.17) is 0 Å². The molecule has 25 heavy (non-hydrogen) atoms. The van der Waals surface area contributed by atoms with E-state index in [9.17, 15) is 39.9 Å². The van der Waals surface area contributed by atoms with Crippen LogP contribution >= 0.6 is 0 Å². The van der Waals surface area contributed by atoms with Gasteiger partial charge in [0.05, 0.1) is 0 Å². The zero-order valence-corrected chi connectivity index (χ0v) is 12.1. The van der Waals surface area contributed by atoms with Gasteiger partial charge in [0.1, 0.15) is 0 Å². The quantitative estimate of drug-likeness (QED) is 0.384. The number of halogens is 8. The molecule has 0 aliphatic heterocycles. The van der Waals surface area contributed by atoms with E-state index in [0.29, 0.717) is 5.39 Å². The first-order chi connectivity index (χ1) is 11.4. The third kappa shape index (κ3) is 3.22. The lowest BCUT2D eigenvalue weighted by Crippen LogP contribution is -2.52. The van der Waals surface area contributed by atoms with E-state index in [0.717, 1.165) is 6.07 Å². The molecule has 0 spiro atoms. The number of benzene rings is 2. The molecule has 0 heterocycles. The zero-order valence-electron chi connectivity index (χ0n) is 12.1. The molecular formula is C16H8F8O. The van der Waals surface area contributed by atoms with Gasteiger partial charge < -0.3 is 0 Å². The minimum Gasteiger partial charge on any atom is -0.289 e. The summed E-state index contributed by atoms with van der Waals surface area (Å²) in [5.74, 6) is -17.5. The van der Waals surface area contributed by atoms with Crippen molar-refractivity contribution in [2.75, 3.05) is 0 Å². The summed E-state index contributed by atoms with van der Waals surface area (Å²) in [7, 11) is 0. The molecule has 9 heteroatoms. The van der Waals surface area contributed by atoms with Crippen molar-refractivity contribution >= 4 is 16.6 Å². The third-order valence-corrected chi connectivity index (χ3v) is 3.36. The molecule has 0 radical (unpaired) electrons. The zero-order chi connectivity index (χ0) is 19.0. The van der Waals surface area contributed by atoms with Gasteiger partial charge >= 0.3 is 18.0 Å². The average Bonchev–Trinajstić information content (AvgIpc) is 2.52. The molecule has 0 atom stereocenters. The summed E-state index contributed by atoms with van der Waals surface area (Å²) in [5, 5.41) is 0.666. The highest BCUT2D eigenvalue weighted by atomic mass is 19.4. The molecule has 0 bridgehead atoms. The molecule has 134 valence electrons. The summed E-state index contributed by atoms with van der Waals surface area (Å²) < 4.78 is 102. The molecule has 0 saturated carbocycles. The number of ketones is 1. The van der Waals surface area contributed by atoms with Gasteiger partial charge in [-0.25, -0.2) is 4.39 Å². The summed E-state index contributed by atoms with van der Waals surface area (Å²) in [5.41, 5.74) is -0.320. The van der Waals surface area contributed by atoms with E-state index in [1.165, 1.54) is 18.2 Å². The molecule has 2 rings (SSSR count). The largest absolute Gasteiger partial charge is 0.460 e. The van der Waals surface area contributed by atoms with Gasteiger partial charge in [0.15, 0.2) is 11.6 Å². The second-order valence-corrected chi connectivity index (χ2v) is 5.03. The predicted molar refractivity (Wildman–Crippen MR) is 73.4 cm³/mol. The normalized spacial score (nSPS) is 14.0. The Morgan fingerprint density at radius 3 is 2.00 bits per heavy atom. The summed E-state index contributed by atoms with van der Waals surface area (Å²) in [6.45, 7) is 0. The Hall–Kier alpha value is -2.45. The number of hydrogen-bond acceptors (Lipinski definition) is 1. The van der Waals surface area contributed by atoms with Gasteiger partial charge in [0.25, 0.3) is 0 Å². The molecule has 0 unspecified atom stereocenters. The van der Waals surface area contributed by atoms with Crippen LogP contribution < -0.4 is 0 Å². The van der Waals surface area contributed by atoms with E-state index in [2.05, 4.69) is 0 Å². The van der Waals surface area contributed by atoms with Gasteiger partial charge in [-0.1, -0.05) is 42.5 Å². The van der Waals surface area contributed by atoms with Gasteiger partial charge in [-0.05, 0) is 10.8 Å². The lowest BCUT2D eigenvalue weighted by molar-refractivity contribution is -0.347. The number of alkyl halides is 7. The Balaban J connectivity index is 2.47. The Bertz CT molecular complexity index is 830. The fourth-order valence-corrected chi connectivity index (χ4v) is 2.05. The van der Waals surface area contributed by atoms with E-state index in [-0.39, 0.29) is 10.9 Å². The monoisotopic (exact) mass is 368 g/mol. The Morgan fingerprint density at radius 1 is 0.840 bits per heavy atom. The number of carbonyl (C=O) groups is 1. The smallest absolute Gasteiger partial charge is 0.289 e. The molecule has 0 N–H and O–H groups in total. The van der Waals surface area contributed by atoms with Crippen LogP contribution in [0.3, 0.4) is 0 Å². The second kappa shape index (κ2) is 6.12. The van der Waals surface area contributed by atoms with Crippen LogP contribution in [0.1, 0.15) is 10.4 Å². The van der Waals surface area contributed by atoms with Gasteiger partial charge in [-0.15, -0.1) is 0 Å². The molecule has 0 aliphatic carbocycles. The molecule has 2 aromatic carbocycles. The summed E-state index contributed by atoms with van der Waals surface area (Å²) in [6, 6.07) is 9.96. The van der Waals surface area contributed by atoms with E-state index in [1.807, 2.05) is 0 Å². The van der Waals surface area contributed by atoms with Gasteiger partial charge in [-0.3, -0.25) is 4.79 Å². The molecule has 0 aliphatic rings. The van der Waals surface area contributed by atoms with Crippen molar-refractivity contribution < 1.29 is 39.9 Å². The molecular weight excluding hydrogens is 360 g/mol. The first-order valence-corrected chi connectivity index (χ1v) is 6.61. The number of allylic oxidation sites excluding steroid dienone is 2. The first kappa shape index (κ1) is 18.9. The predicted octanol–water partition coefficient (Wildman–Crippen LogP) is 5.71. The molecule has 0 fully saturated rings. The maximum Gasteiger partial charge on any atom is 0.460 e. The SMILES string of the molecule is O=C(/C=C(\F)C(F)(F)C(F)(F)C(F)(F)F)c1cccc2ccccc12. The Kier molecular flexibility index (Phi) is 4.63. The molecule has 0 aromatic heterocycles. The van der Waals surface area contributed by atoms with Crippen molar-refractivity contribution in [2.24, 2.45) is 0 Å². The van der Waals surface area contributed by atoms with Crippen LogP contribution in [0.25, 0.3) is 10.8 Å². The molecule has 0 amide bonds. The standard InChI is InChI=1S/C16H8F8O/c17-13(14(18,19)15(20,21)16(22,23)24)8-12(25)11-7-3-5-9-4-1-2-6-10(9)11/h1-8H/b13-8-. The number of carbonyl (C=O) groups excluding carboxylic acids is 1. The number of rotatable bonds is 4. The van der Waals surface area contributed by atoms with Crippen LogP contribution in [0.5, 0.6) is 0 Å². The van der Waals surface area contributed by atoms with Crippen LogP contribution in [0.15, 0.2) is 54.4 Å². The lowest BCUT2D eigenvalue weighted by Gasteiger charge is -2.26. The average molecular weight is 368 g/mol. The van der Waals surface area contributed by atoms with E-state index < -0.39 is 35.7 Å². The fourth-order valence-electron chi connectivity index (χ4n) is 2.05. The van der Waals surface area contributed by atoms with Crippen LogP contribution in [0.4, 0.5) is 35.1 Å². The maximum atomic E-state index is 13.5. The maximum absolute atomic E-state index is 13.5. The van der Waals surface area contributed by atoms with Crippen molar-refractivity contribution in [1.82, 2.24) is 0 Å². The van der Waals surface area contributed by atoms with Crippen LogP contribution in [0.2, 0.25) is 0 Å². The van der Waals surface area contributed by atoms with Gasteiger partial charge in [0.2, 0.25) is 0 Å². The Labute approximate surface area is 135 Å². The topological polar surface area (TPSA) is 17.1 Å². The summed E-state index contributed by atoms with van der Waals surface area (Å²) >= 11 is 0. The summed E-state index contributed by atoms with van der Waals surface area (Å²) in [6.07, 6.45) is -7.24. The Morgan fingerprint density at radius 2 is 1.40 bits per heavy atom. The van der Waals surface area contributed by atoms with E-state index in [1.54, 1.807) is 18.2 Å². The van der Waals surface area contributed by atoms with Crippen LogP contribution in [0, 0.1) is 0 Å². The first-order valence-electron chi connectivity index (χ1n) is 6.61. The summed E-state index contributed by atoms with van der Waals surface area (Å²) in [4.78, 5) is 11.9. The van der Waals surface area contributed by atoms with Crippen molar-refractivity contribution in [3.8, 4) is 0 Å². The number of fused-ring (bicyclic) bond motifs is 1. The number of hydrogen-bond donors (Lipinski definition) is 0. The van der Waals surface area contributed by atoms with Gasteiger partial charge in [0, 0.05) is 11.6 Å². The lowest BCUT2D eigenvalue weighted by atomic mass is 10.00. The van der Waals surface area contributed by atoms with Crippen LogP contribution in [-0.4, -0.2) is 23.8 Å². The van der Waals surface area contributed by atoms with Crippen molar-refractivity contribution in [2.45, 2.75) is 18.0 Å². The molecule has 0 saturated heterocycles. The highest BCUT2D eigenvalue weighted by molar-refractivity contribution is 6.13. The van der Waals surface area contributed by atoms with Crippen molar-refractivity contribution in [3.63, 3.8) is 0 Å². The minimum absolute atomic E-state index is 0.199. The van der Waals surface area contributed by atoms with Crippen LogP contribution in [-0.2, 0) is 0 Å². The highest BCUT2D eigenvalue weighted by Crippen LogP contribution is 2.50.